The molecular weight excluding hydrogens is 316 g/mol. The van der Waals surface area contributed by atoms with Crippen molar-refractivity contribution < 1.29 is 5.11 Å². The minimum absolute atomic E-state index is 0.572. The predicted octanol–water partition coefficient (Wildman–Crippen LogP) is 7.54. The Labute approximate surface area is 162 Å². The number of allylic oxidation sites excluding steroid dienone is 5. The number of hydrogen-bond acceptors (Lipinski definition) is 1. The summed E-state index contributed by atoms with van der Waals surface area (Å²) >= 11 is 0. The Balaban J connectivity index is 0.00000301. The van der Waals surface area contributed by atoms with Crippen molar-refractivity contribution in [3.63, 3.8) is 0 Å². The second kappa shape index (κ2) is 10.5. The van der Waals surface area contributed by atoms with E-state index < -0.39 is 6.10 Å². The van der Waals surface area contributed by atoms with Crippen LogP contribution in [-0.2, 0) is 0 Å². The van der Waals surface area contributed by atoms with E-state index in [2.05, 4.69) is 75.3 Å². The van der Waals surface area contributed by atoms with Crippen LogP contribution in [0.25, 0.3) is 0 Å². The van der Waals surface area contributed by atoms with Crippen molar-refractivity contribution in [2.75, 3.05) is 0 Å². The summed E-state index contributed by atoms with van der Waals surface area (Å²) in [6.07, 6.45) is 3.40. The van der Waals surface area contributed by atoms with Crippen molar-refractivity contribution in [1.29, 1.82) is 0 Å². The second-order valence-corrected chi connectivity index (χ2v) is 7.28. The molecule has 0 saturated heterocycles. The van der Waals surface area contributed by atoms with Gasteiger partial charge in [-0.25, -0.2) is 0 Å². The minimum atomic E-state index is -0.572. The summed E-state index contributed by atoms with van der Waals surface area (Å²) in [6.45, 7) is 25.3. The lowest BCUT2D eigenvalue weighted by Gasteiger charge is -2.21. The summed E-state index contributed by atoms with van der Waals surface area (Å²) in [5.74, 6) is 0. The third-order valence-corrected chi connectivity index (χ3v) is 5.79. The molecule has 1 nitrogen and oxygen atoms in total. The van der Waals surface area contributed by atoms with Gasteiger partial charge in [0.15, 0.2) is 0 Å². The Hall–Kier alpha value is -1.60. The monoisotopic (exact) mass is 356 g/mol. The zero-order chi connectivity index (χ0) is 20.8. The Morgan fingerprint density at radius 2 is 1.08 bits per heavy atom. The quantitative estimate of drug-likeness (QED) is 0.552. The number of aliphatic hydroxyl groups excluding tert-OH is 1. The normalized spacial score (nSPS) is 13.1. The van der Waals surface area contributed by atoms with Crippen LogP contribution >= 0.6 is 0 Å². The second-order valence-electron chi connectivity index (χ2n) is 7.28. The molecule has 1 N–H and O–H groups in total. The third-order valence-electron chi connectivity index (χ3n) is 5.79. The number of benzene rings is 1. The van der Waals surface area contributed by atoms with Gasteiger partial charge in [-0.1, -0.05) is 31.6 Å². The van der Waals surface area contributed by atoms with Gasteiger partial charge in [0.1, 0.15) is 0 Å². The molecule has 1 rings (SSSR count). The molecule has 1 unspecified atom stereocenters. The molecule has 146 valence electrons. The van der Waals surface area contributed by atoms with Gasteiger partial charge in [-0.05, 0) is 119 Å². The fourth-order valence-corrected chi connectivity index (χ4v) is 3.10. The maximum absolute atomic E-state index is 10.8. The highest BCUT2D eigenvalue weighted by Gasteiger charge is 2.16. The SMILES string of the molecule is CC.CC(C)=C(C)/C(C)=C(C)\C=C\C(O)c1c(C)c(C)c(C)c(C)c1C. The fourth-order valence-electron chi connectivity index (χ4n) is 3.10. The van der Waals surface area contributed by atoms with E-state index in [0.717, 1.165) is 5.56 Å². The van der Waals surface area contributed by atoms with Crippen molar-refractivity contribution >= 4 is 0 Å². The van der Waals surface area contributed by atoms with Gasteiger partial charge < -0.3 is 5.11 Å². The molecule has 0 aliphatic rings. The first-order valence-corrected chi connectivity index (χ1v) is 9.75. The van der Waals surface area contributed by atoms with Crippen molar-refractivity contribution in [2.45, 2.75) is 89.2 Å². The lowest BCUT2D eigenvalue weighted by Crippen LogP contribution is -2.06. The van der Waals surface area contributed by atoms with Crippen LogP contribution in [-0.4, -0.2) is 5.11 Å². The van der Waals surface area contributed by atoms with E-state index in [1.165, 1.54) is 50.1 Å². The maximum atomic E-state index is 10.8. The number of aliphatic hydroxyl groups is 1. The van der Waals surface area contributed by atoms with E-state index in [9.17, 15) is 5.11 Å². The molecule has 1 aromatic carbocycles. The first-order valence-electron chi connectivity index (χ1n) is 9.75. The lowest BCUT2D eigenvalue weighted by molar-refractivity contribution is 0.227. The standard InChI is InChI=1S/C23H34O.C2H6/c1-13(2)15(4)16(5)14(3)11-12-22(24)23-20(9)18(7)17(6)19(8)21(23)10;1-2/h11-12,22,24H,1-10H3;1-2H3/b12-11+,16-14-;. The van der Waals surface area contributed by atoms with Gasteiger partial charge in [0.25, 0.3) is 0 Å². The molecule has 1 atom stereocenters. The maximum Gasteiger partial charge on any atom is 0.0980 e. The van der Waals surface area contributed by atoms with Crippen molar-refractivity contribution in [1.82, 2.24) is 0 Å². The third kappa shape index (κ3) is 5.45. The average Bonchev–Trinajstić information content (AvgIpc) is 2.63. The summed E-state index contributed by atoms with van der Waals surface area (Å²) in [7, 11) is 0. The van der Waals surface area contributed by atoms with Crippen molar-refractivity contribution in [2.24, 2.45) is 0 Å². The summed E-state index contributed by atoms with van der Waals surface area (Å²) in [6, 6.07) is 0. The molecule has 0 heterocycles. The molecule has 0 aliphatic heterocycles. The van der Waals surface area contributed by atoms with E-state index in [-0.39, 0.29) is 0 Å². The summed E-state index contributed by atoms with van der Waals surface area (Å²) in [4.78, 5) is 0. The van der Waals surface area contributed by atoms with Gasteiger partial charge in [-0.2, -0.15) is 0 Å². The molecule has 0 aliphatic carbocycles. The average molecular weight is 357 g/mol. The minimum Gasteiger partial charge on any atom is -0.384 e. The van der Waals surface area contributed by atoms with Crippen molar-refractivity contribution in [3.05, 3.63) is 67.8 Å². The molecule has 0 spiro atoms. The van der Waals surface area contributed by atoms with Crippen LogP contribution in [0.15, 0.2) is 34.4 Å². The van der Waals surface area contributed by atoms with Gasteiger partial charge in [0, 0.05) is 0 Å². The van der Waals surface area contributed by atoms with Crippen LogP contribution in [0.1, 0.15) is 88.0 Å². The summed E-state index contributed by atoms with van der Waals surface area (Å²) in [5.41, 5.74) is 12.5. The molecule has 1 heteroatoms. The van der Waals surface area contributed by atoms with Crippen LogP contribution < -0.4 is 0 Å². The molecule has 0 bridgehead atoms. The topological polar surface area (TPSA) is 20.2 Å². The van der Waals surface area contributed by atoms with Gasteiger partial charge in [0.2, 0.25) is 0 Å². The van der Waals surface area contributed by atoms with Crippen LogP contribution in [0, 0.1) is 34.6 Å². The Bertz CT molecular complexity index is 694. The molecule has 0 saturated carbocycles. The van der Waals surface area contributed by atoms with E-state index in [1.807, 2.05) is 19.9 Å². The van der Waals surface area contributed by atoms with Crippen molar-refractivity contribution in [3.8, 4) is 0 Å². The summed E-state index contributed by atoms with van der Waals surface area (Å²) in [5, 5.41) is 10.8. The lowest BCUT2D eigenvalue weighted by atomic mass is 9.87. The zero-order valence-corrected chi connectivity index (χ0v) is 19.2. The van der Waals surface area contributed by atoms with E-state index in [4.69, 9.17) is 0 Å². The van der Waals surface area contributed by atoms with Gasteiger partial charge in [-0.3, -0.25) is 0 Å². The van der Waals surface area contributed by atoms with Gasteiger partial charge >= 0.3 is 0 Å². The molecule has 0 aromatic heterocycles. The van der Waals surface area contributed by atoms with E-state index in [0.29, 0.717) is 0 Å². The molecular formula is C25H40O. The first-order chi connectivity index (χ1) is 12.0. The van der Waals surface area contributed by atoms with E-state index >= 15 is 0 Å². The highest BCUT2D eigenvalue weighted by atomic mass is 16.3. The Morgan fingerprint density at radius 3 is 1.46 bits per heavy atom. The van der Waals surface area contributed by atoms with E-state index in [1.54, 1.807) is 0 Å². The first kappa shape index (κ1) is 24.4. The summed E-state index contributed by atoms with van der Waals surface area (Å²) < 4.78 is 0. The Morgan fingerprint density at radius 1 is 0.692 bits per heavy atom. The van der Waals surface area contributed by atoms with Crippen LogP contribution in [0.4, 0.5) is 0 Å². The number of hydrogen-bond donors (Lipinski definition) is 1. The predicted molar refractivity (Wildman–Crippen MR) is 118 cm³/mol. The highest BCUT2D eigenvalue weighted by Crippen LogP contribution is 2.31. The fraction of sp³-hybridized carbons (Fsp3) is 0.520. The van der Waals surface area contributed by atoms with Crippen LogP contribution in [0.2, 0.25) is 0 Å². The smallest absolute Gasteiger partial charge is 0.0980 e. The molecule has 1 aromatic rings. The zero-order valence-electron chi connectivity index (χ0n) is 19.2. The number of rotatable bonds is 4. The van der Waals surface area contributed by atoms with Crippen LogP contribution in [0.3, 0.4) is 0 Å². The molecule has 26 heavy (non-hydrogen) atoms. The largest absolute Gasteiger partial charge is 0.384 e. The molecule has 0 amide bonds. The van der Waals surface area contributed by atoms with Gasteiger partial charge in [0.05, 0.1) is 6.10 Å². The highest BCUT2D eigenvalue weighted by molar-refractivity contribution is 5.51. The van der Waals surface area contributed by atoms with Gasteiger partial charge in [-0.15, -0.1) is 0 Å². The molecule has 0 fully saturated rings. The Kier molecular flexibility index (Phi) is 9.88. The molecule has 0 radical (unpaired) electrons. The van der Waals surface area contributed by atoms with Crippen LogP contribution in [0.5, 0.6) is 0 Å².